The molecule has 0 saturated heterocycles. The summed E-state index contributed by atoms with van der Waals surface area (Å²) in [6.07, 6.45) is 1.62. The molecule has 0 aliphatic carbocycles. The largest absolute Gasteiger partial charge is 0.332 e. The lowest BCUT2D eigenvalue weighted by molar-refractivity contribution is 0.832. The molecule has 0 fully saturated rings. The van der Waals surface area contributed by atoms with Gasteiger partial charge in [0.25, 0.3) is 5.56 Å². The minimum Gasteiger partial charge on any atom is -0.332 e. The molecule has 0 bridgehead atoms. The first-order chi connectivity index (χ1) is 9.06. The molecule has 96 valence electrons. The smallest absolute Gasteiger partial charge is 0.329 e. The Kier molecular flexibility index (Phi) is 2.59. The zero-order valence-corrected chi connectivity index (χ0v) is 11.4. The number of nitrogens with zero attached hydrogens (tertiary/aromatic N) is 3. The molecule has 0 amide bonds. The molecule has 3 rings (SSSR count). The van der Waals surface area contributed by atoms with E-state index >= 15 is 0 Å². The fourth-order valence-corrected chi connectivity index (χ4v) is 1.99. The van der Waals surface area contributed by atoms with Crippen LogP contribution in [0.5, 0.6) is 0 Å². The molecule has 3 aromatic heterocycles. The van der Waals surface area contributed by atoms with Gasteiger partial charge in [0.1, 0.15) is 15.9 Å². The average molecular weight is 322 g/mol. The van der Waals surface area contributed by atoms with Crippen LogP contribution in [-0.2, 0) is 7.05 Å². The first-order valence-corrected chi connectivity index (χ1v) is 6.16. The molecule has 2 N–H and O–H groups in total. The van der Waals surface area contributed by atoms with Gasteiger partial charge < -0.3 is 4.98 Å². The SMILES string of the molecule is Cn1c(=O)[nH]c(=O)c2[nH]c(-c3ccc(Br)nc3)nc21. The summed E-state index contributed by atoms with van der Waals surface area (Å²) in [5, 5.41) is 0. The second-order valence-electron chi connectivity index (χ2n) is 3.97. The second-order valence-corrected chi connectivity index (χ2v) is 4.78. The topological polar surface area (TPSA) is 96.4 Å². The zero-order valence-electron chi connectivity index (χ0n) is 9.77. The van der Waals surface area contributed by atoms with E-state index in [9.17, 15) is 9.59 Å². The quantitative estimate of drug-likeness (QED) is 0.647. The minimum atomic E-state index is -0.496. The van der Waals surface area contributed by atoms with Crippen molar-refractivity contribution >= 4 is 27.1 Å². The summed E-state index contributed by atoms with van der Waals surface area (Å²) in [4.78, 5) is 36.6. The van der Waals surface area contributed by atoms with Crippen LogP contribution in [0.25, 0.3) is 22.6 Å². The maximum atomic E-state index is 11.7. The Bertz CT molecular complexity index is 875. The molecule has 19 heavy (non-hydrogen) atoms. The highest BCUT2D eigenvalue weighted by Crippen LogP contribution is 2.18. The third-order valence-electron chi connectivity index (χ3n) is 2.76. The molecule has 0 aliphatic rings. The number of hydrogen-bond donors (Lipinski definition) is 2. The molecule has 0 atom stereocenters. The average Bonchev–Trinajstić information content (AvgIpc) is 2.83. The second kappa shape index (κ2) is 4.16. The van der Waals surface area contributed by atoms with E-state index in [1.54, 1.807) is 25.4 Å². The molecule has 0 aromatic carbocycles. The summed E-state index contributed by atoms with van der Waals surface area (Å²) in [6, 6.07) is 3.58. The van der Waals surface area contributed by atoms with Crippen LogP contribution in [0.2, 0.25) is 0 Å². The van der Waals surface area contributed by atoms with Gasteiger partial charge >= 0.3 is 5.69 Å². The van der Waals surface area contributed by atoms with E-state index in [0.717, 1.165) is 5.56 Å². The molecular weight excluding hydrogens is 314 g/mol. The highest BCUT2D eigenvalue weighted by atomic mass is 79.9. The van der Waals surface area contributed by atoms with Crippen molar-refractivity contribution in [2.24, 2.45) is 7.05 Å². The predicted octanol–water partition coefficient (Wildman–Crippen LogP) is 0.774. The number of nitrogens with one attached hydrogen (secondary N) is 2. The van der Waals surface area contributed by atoms with E-state index in [1.165, 1.54) is 4.57 Å². The maximum Gasteiger partial charge on any atom is 0.329 e. The Hall–Kier alpha value is -2.22. The van der Waals surface area contributed by atoms with Crippen molar-refractivity contribution in [2.45, 2.75) is 0 Å². The van der Waals surface area contributed by atoms with Crippen molar-refractivity contribution in [3.63, 3.8) is 0 Å². The molecule has 3 aromatic rings. The van der Waals surface area contributed by atoms with Gasteiger partial charge in [0.05, 0.1) is 0 Å². The van der Waals surface area contributed by atoms with Gasteiger partial charge in [0.2, 0.25) is 0 Å². The Morgan fingerprint density at radius 3 is 2.74 bits per heavy atom. The summed E-state index contributed by atoms with van der Waals surface area (Å²) in [5.74, 6) is 0.488. The van der Waals surface area contributed by atoms with Crippen LogP contribution in [0.3, 0.4) is 0 Å². The van der Waals surface area contributed by atoms with Gasteiger partial charge in [-0.15, -0.1) is 0 Å². The third kappa shape index (κ3) is 1.89. The summed E-state index contributed by atoms with van der Waals surface area (Å²) in [7, 11) is 1.55. The Balaban J connectivity index is 2.30. The van der Waals surface area contributed by atoms with Crippen LogP contribution >= 0.6 is 15.9 Å². The van der Waals surface area contributed by atoms with E-state index in [-0.39, 0.29) is 5.52 Å². The molecule has 0 radical (unpaired) electrons. The van der Waals surface area contributed by atoms with Gasteiger partial charge in [-0.3, -0.25) is 14.3 Å². The van der Waals surface area contributed by atoms with Crippen molar-refractivity contribution in [1.29, 1.82) is 0 Å². The van der Waals surface area contributed by atoms with Crippen molar-refractivity contribution < 1.29 is 0 Å². The number of rotatable bonds is 1. The van der Waals surface area contributed by atoms with E-state index in [1.807, 2.05) is 0 Å². The Labute approximate surface area is 114 Å². The zero-order chi connectivity index (χ0) is 13.6. The number of imidazole rings is 1. The normalized spacial score (nSPS) is 11.1. The first kappa shape index (κ1) is 11.8. The highest BCUT2D eigenvalue weighted by molar-refractivity contribution is 9.10. The Morgan fingerprint density at radius 2 is 2.05 bits per heavy atom. The molecule has 0 aliphatic heterocycles. The van der Waals surface area contributed by atoms with Gasteiger partial charge in [-0.1, -0.05) is 0 Å². The van der Waals surface area contributed by atoms with Crippen LogP contribution in [-0.4, -0.2) is 24.5 Å². The standard InChI is InChI=1S/C11H8BrN5O2/c1-17-9-7(10(18)16-11(17)19)14-8(15-9)5-2-3-6(12)13-4-5/h2-4H,1H3,(H,14,15)(H,16,18,19). The van der Waals surface area contributed by atoms with Crippen LogP contribution in [0, 0.1) is 0 Å². The lowest BCUT2D eigenvalue weighted by Crippen LogP contribution is -2.28. The number of pyridine rings is 1. The summed E-state index contributed by atoms with van der Waals surface area (Å²) >= 11 is 3.24. The van der Waals surface area contributed by atoms with Crippen LogP contribution in [0.4, 0.5) is 0 Å². The minimum absolute atomic E-state index is 0.264. The van der Waals surface area contributed by atoms with Gasteiger partial charge in [-0.05, 0) is 28.1 Å². The predicted molar refractivity (Wildman–Crippen MR) is 72.9 cm³/mol. The van der Waals surface area contributed by atoms with E-state index < -0.39 is 11.2 Å². The lowest BCUT2D eigenvalue weighted by Gasteiger charge is -1.95. The van der Waals surface area contributed by atoms with Gasteiger partial charge in [-0.25, -0.2) is 14.8 Å². The number of aromatic amines is 2. The molecule has 8 heteroatoms. The molecule has 7 nitrogen and oxygen atoms in total. The number of fused-ring (bicyclic) bond motifs is 1. The van der Waals surface area contributed by atoms with Gasteiger partial charge in [0, 0.05) is 18.8 Å². The number of aromatic nitrogens is 5. The van der Waals surface area contributed by atoms with Crippen LogP contribution in [0.15, 0.2) is 32.5 Å². The van der Waals surface area contributed by atoms with E-state index in [0.29, 0.717) is 16.1 Å². The molecule has 3 heterocycles. The number of aryl methyl sites for hydroxylation is 1. The highest BCUT2D eigenvalue weighted by Gasteiger charge is 2.11. The summed E-state index contributed by atoms with van der Waals surface area (Å²) < 4.78 is 1.99. The summed E-state index contributed by atoms with van der Waals surface area (Å²) in [6.45, 7) is 0. The molecular formula is C11H8BrN5O2. The van der Waals surface area contributed by atoms with Crippen molar-refractivity contribution in [2.75, 3.05) is 0 Å². The fraction of sp³-hybridized carbons (Fsp3) is 0.0909. The van der Waals surface area contributed by atoms with Crippen molar-refractivity contribution in [3.05, 3.63) is 43.8 Å². The molecule has 0 spiro atoms. The van der Waals surface area contributed by atoms with E-state index in [2.05, 4.69) is 35.9 Å². The fourth-order valence-electron chi connectivity index (χ4n) is 1.76. The summed E-state index contributed by atoms with van der Waals surface area (Å²) in [5.41, 5.74) is 0.323. The third-order valence-corrected chi connectivity index (χ3v) is 3.22. The van der Waals surface area contributed by atoms with Crippen LogP contribution < -0.4 is 11.2 Å². The van der Waals surface area contributed by atoms with Crippen LogP contribution in [0.1, 0.15) is 0 Å². The maximum absolute atomic E-state index is 11.7. The number of halogens is 1. The van der Waals surface area contributed by atoms with Crippen molar-refractivity contribution in [3.8, 4) is 11.4 Å². The van der Waals surface area contributed by atoms with Gasteiger partial charge in [0.15, 0.2) is 5.65 Å². The lowest BCUT2D eigenvalue weighted by atomic mass is 10.3. The first-order valence-electron chi connectivity index (χ1n) is 5.37. The Morgan fingerprint density at radius 1 is 1.26 bits per heavy atom. The molecule has 0 unspecified atom stereocenters. The number of H-pyrrole nitrogens is 2. The number of hydrogen-bond acceptors (Lipinski definition) is 4. The van der Waals surface area contributed by atoms with Crippen molar-refractivity contribution in [1.82, 2.24) is 24.5 Å². The monoisotopic (exact) mass is 321 g/mol. The molecule has 0 saturated carbocycles. The van der Waals surface area contributed by atoms with Gasteiger partial charge in [-0.2, -0.15) is 0 Å². The van der Waals surface area contributed by atoms with E-state index in [4.69, 9.17) is 0 Å².